The summed E-state index contributed by atoms with van der Waals surface area (Å²) in [5.41, 5.74) is 5.31. The fourth-order valence-corrected chi connectivity index (χ4v) is 2.43. The third-order valence-corrected chi connectivity index (χ3v) is 3.64. The van der Waals surface area contributed by atoms with Crippen LogP contribution in [0.3, 0.4) is 0 Å². The Morgan fingerprint density at radius 1 is 1.42 bits per heavy atom. The number of rotatable bonds is 6. The van der Waals surface area contributed by atoms with Crippen molar-refractivity contribution in [2.45, 2.75) is 33.1 Å². The maximum Gasteiger partial charge on any atom is 0.261 e. The summed E-state index contributed by atoms with van der Waals surface area (Å²) in [5.74, 6) is 6.44. The van der Waals surface area contributed by atoms with Crippen LogP contribution in [0.1, 0.15) is 47.7 Å². The highest BCUT2D eigenvalue weighted by Crippen LogP contribution is 2.15. The molecule has 1 amide bonds. The number of nitrogens with two attached hydrogens (primary N) is 1. The molecular formula is C15H22N2OS. The molecule has 0 aliphatic rings. The highest BCUT2D eigenvalue weighted by Gasteiger charge is 2.07. The Bertz CT molecular complexity index is 454. The van der Waals surface area contributed by atoms with Crippen LogP contribution in [-0.4, -0.2) is 19.0 Å². The largest absolute Gasteiger partial charge is 0.351 e. The number of unbranched alkanes of at least 4 members (excludes halogenated alkanes) is 1. The molecule has 0 fully saturated rings. The Balaban J connectivity index is 2.31. The summed E-state index contributed by atoms with van der Waals surface area (Å²) in [5, 5.41) is 2.94. The predicted molar refractivity (Wildman–Crippen MR) is 81.3 cm³/mol. The molecule has 0 aromatic carbocycles. The first-order valence-electron chi connectivity index (χ1n) is 6.70. The zero-order valence-electron chi connectivity index (χ0n) is 11.7. The van der Waals surface area contributed by atoms with Crippen LogP contribution >= 0.6 is 11.3 Å². The minimum atomic E-state index is -0.00431. The highest BCUT2D eigenvalue weighted by molar-refractivity contribution is 7.14. The van der Waals surface area contributed by atoms with Crippen molar-refractivity contribution in [3.05, 3.63) is 21.9 Å². The standard InChI is InChI=1S/C15H22N2OS/c1-12(2)6-3-4-11-17-15(18)14-9-8-13(19-14)7-5-10-16/h8-9,12H,3-4,6,10-11,16H2,1-2H3,(H,17,18). The molecule has 0 bridgehead atoms. The summed E-state index contributed by atoms with van der Waals surface area (Å²) in [4.78, 5) is 13.5. The molecule has 0 aliphatic carbocycles. The van der Waals surface area contributed by atoms with E-state index in [2.05, 4.69) is 31.0 Å². The SMILES string of the molecule is CC(C)CCCCNC(=O)c1ccc(C#CCN)s1. The van der Waals surface area contributed by atoms with Crippen LogP contribution in [0.25, 0.3) is 0 Å². The average Bonchev–Trinajstić information content (AvgIpc) is 2.84. The molecule has 0 radical (unpaired) electrons. The molecule has 104 valence electrons. The van der Waals surface area contributed by atoms with Gasteiger partial charge in [0, 0.05) is 6.54 Å². The van der Waals surface area contributed by atoms with Gasteiger partial charge in [-0.25, -0.2) is 0 Å². The summed E-state index contributed by atoms with van der Waals surface area (Å²) in [6.45, 7) is 5.52. The number of thiophene rings is 1. The minimum Gasteiger partial charge on any atom is -0.351 e. The molecule has 1 aromatic heterocycles. The molecule has 0 spiro atoms. The summed E-state index contributed by atoms with van der Waals surface area (Å²) in [6, 6.07) is 3.68. The summed E-state index contributed by atoms with van der Waals surface area (Å²) < 4.78 is 0. The van der Waals surface area contributed by atoms with Crippen molar-refractivity contribution in [1.29, 1.82) is 0 Å². The molecule has 1 rings (SSSR count). The second-order valence-electron chi connectivity index (χ2n) is 4.82. The van der Waals surface area contributed by atoms with Crippen molar-refractivity contribution >= 4 is 17.2 Å². The number of hydrogen-bond donors (Lipinski definition) is 2. The molecule has 0 unspecified atom stereocenters. The lowest BCUT2D eigenvalue weighted by Crippen LogP contribution is -2.23. The molecule has 4 heteroatoms. The number of carbonyl (C=O) groups excluding carboxylic acids is 1. The van der Waals surface area contributed by atoms with Gasteiger partial charge < -0.3 is 11.1 Å². The lowest BCUT2D eigenvalue weighted by Gasteiger charge is -2.05. The number of nitrogens with one attached hydrogen (secondary N) is 1. The van der Waals surface area contributed by atoms with Crippen molar-refractivity contribution in [2.24, 2.45) is 11.7 Å². The van der Waals surface area contributed by atoms with E-state index < -0.39 is 0 Å². The van der Waals surface area contributed by atoms with E-state index in [-0.39, 0.29) is 5.91 Å². The first kappa shape index (κ1) is 15.7. The van der Waals surface area contributed by atoms with Gasteiger partial charge in [0.05, 0.1) is 16.3 Å². The molecular weight excluding hydrogens is 256 g/mol. The Hall–Kier alpha value is -1.31. The zero-order valence-corrected chi connectivity index (χ0v) is 12.5. The number of carbonyl (C=O) groups is 1. The van der Waals surface area contributed by atoms with Crippen LogP contribution in [0.4, 0.5) is 0 Å². The van der Waals surface area contributed by atoms with E-state index in [9.17, 15) is 4.79 Å². The monoisotopic (exact) mass is 278 g/mol. The van der Waals surface area contributed by atoms with Crippen LogP contribution in [0, 0.1) is 17.8 Å². The van der Waals surface area contributed by atoms with E-state index in [1.807, 2.05) is 12.1 Å². The van der Waals surface area contributed by atoms with Gasteiger partial charge in [0.15, 0.2) is 0 Å². The van der Waals surface area contributed by atoms with Crippen LogP contribution in [0.2, 0.25) is 0 Å². The molecule has 3 nitrogen and oxygen atoms in total. The maximum atomic E-state index is 11.9. The third-order valence-electron chi connectivity index (χ3n) is 2.64. The zero-order chi connectivity index (χ0) is 14.1. The topological polar surface area (TPSA) is 55.1 Å². The summed E-state index contributed by atoms with van der Waals surface area (Å²) in [7, 11) is 0. The van der Waals surface area contributed by atoms with Crippen molar-refractivity contribution < 1.29 is 4.79 Å². The molecule has 0 saturated heterocycles. The van der Waals surface area contributed by atoms with Crippen LogP contribution in [-0.2, 0) is 0 Å². The third kappa shape index (κ3) is 6.42. The van der Waals surface area contributed by atoms with E-state index in [0.29, 0.717) is 11.4 Å². The Morgan fingerprint density at radius 3 is 2.89 bits per heavy atom. The fraction of sp³-hybridized carbons (Fsp3) is 0.533. The van der Waals surface area contributed by atoms with Gasteiger partial charge in [0.2, 0.25) is 0 Å². The smallest absolute Gasteiger partial charge is 0.261 e. The van der Waals surface area contributed by atoms with E-state index in [1.165, 1.54) is 17.8 Å². The van der Waals surface area contributed by atoms with Gasteiger partial charge in [-0.15, -0.1) is 11.3 Å². The van der Waals surface area contributed by atoms with Crippen LogP contribution < -0.4 is 11.1 Å². The Labute approximate surface area is 119 Å². The molecule has 1 heterocycles. The van der Waals surface area contributed by atoms with Crippen LogP contribution in [0.5, 0.6) is 0 Å². The molecule has 0 atom stereocenters. The molecule has 19 heavy (non-hydrogen) atoms. The van der Waals surface area contributed by atoms with E-state index in [4.69, 9.17) is 5.73 Å². The predicted octanol–water partition coefficient (Wildman–Crippen LogP) is 2.61. The second kappa shape index (κ2) is 8.73. The molecule has 0 aliphatic heterocycles. The quantitative estimate of drug-likeness (QED) is 0.621. The molecule has 3 N–H and O–H groups in total. The molecule has 0 saturated carbocycles. The van der Waals surface area contributed by atoms with Gasteiger partial charge in [0.1, 0.15) is 0 Å². The first-order valence-corrected chi connectivity index (χ1v) is 7.52. The van der Waals surface area contributed by atoms with Crippen molar-refractivity contribution in [3.63, 3.8) is 0 Å². The van der Waals surface area contributed by atoms with Crippen molar-refractivity contribution in [1.82, 2.24) is 5.32 Å². The Morgan fingerprint density at radius 2 is 2.21 bits per heavy atom. The first-order chi connectivity index (χ1) is 9.13. The lowest BCUT2D eigenvalue weighted by molar-refractivity contribution is 0.0957. The summed E-state index contributed by atoms with van der Waals surface area (Å²) >= 11 is 1.41. The van der Waals surface area contributed by atoms with Crippen molar-refractivity contribution in [3.8, 4) is 11.8 Å². The summed E-state index contributed by atoms with van der Waals surface area (Å²) in [6.07, 6.45) is 3.42. The van der Waals surface area contributed by atoms with Crippen molar-refractivity contribution in [2.75, 3.05) is 13.1 Å². The maximum absolute atomic E-state index is 11.9. The molecule has 1 aromatic rings. The van der Waals surface area contributed by atoms with E-state index >= 15 is 0 Å². The van der Waals surface area contributed by atoms with Gasteiger partial charge >= 0.3 is 0 Å². The number of hydrogen-bond acceptors (Lipinski definition) is 3. The second-order valence-corrected chi connectivity index (χ2v) is 5.90. The number of amides is 1. The van der Waals surface area contributed by atoms with E-state index in [1.54, 1.807) is 0 Å². The lowest BCUT2D eigenvalue weighted by atomic mass is 10.1. The van der Waals surface area contributed by atoms with Gasteiger partial charge in [-0.05, 0) is 24.5 Å². The van der Waals surface area contributed by atoms with Crippen LogP contribution in [0.15, 0.2) is 12.1 Å². The van der Waals surface area contributed by atoms with E-state index in [0.717, 1.165) is 30.2 Å². The fourth-order valence-electron chi connectivity index (χ4n) is 1.63. The van der Waals surface area contributed by atoms with Gasteiger partial charge in [0.25, 0.3) is 5.91 Å². The van der Waals surface area contributed by atoms with Gasteiger partial charge in [-0.2, -0.15) is 0 Å². The Kier molecular flexibility index (Phi) is 7.24. The minimum absolute atomic E-state index is 0.00431. The highest BCUT2D eigenvalue weighted by atomic mass is 32.1. The van der Waals surface area contributed by atoms with Gasteiger partial charge in [-0.3, -0.25) is 4.79 Å². The van der Waals surface area contributed by atoms with Gasteiger partial charge in [-0.1, -0.05) is 38.5 Å². The normalized spacial score (nSPS) is 10.1. The average molecular weight is 278 g/mol.